The highest BCUT2D eigenvalue weighted by atomic mass is 16.5. The average Bonchev–Trinajstić information content (AvgIpc) is 2.36. The Morgan fingerprint density at radius 1 is 1.56 bits per heavy atom. The third kappa shape index (κ3) is 4.15. The first kappa shape index (κ1) is 14.7. The molecule has 0 spiro atoms. The minimum absolute atomic E-state index is 0.284. The summed E-state index contributed by atoms with van der Waals surface area (Å²) in [5.41, 5.74) is 0. The number of amides is 2. The number of aliphatic hydroxyl groups excluding tert-OH is 1. The highest BCUT2D eigenvalue weighted by Crippen LogP contribution is 2.16. The summed E-state index contributed by atoms with van der Waals surface area (Å²) >= 11 is 0. The number of aliphatic hydroxyl groups is 1. The lowest BCUT2D eigenvalue weighted by molar-refractivity contribution is -0.140. The number of hydrogen-bond acceptors (Lipinski definition) is 4. The first-order valence-corrected chi connectivity index (χ1v) is 5.96. The summed E-state index contributed by atoms with van der Waals surface area (Å²) < 4.78 is 5.06. The van der Waals surface area contributed by atoms with E-state index in [-0.39, 0.29) is 5.92 Å². The molecule has 1 heterocycles. The second-order valence-electron chi connectivity index (χ2n) is 4.43. The normalized spacial score (nSPS) is 21.4. The Labute approximate surface area is 106 Å². The third-order valence-electron chi connectivity index (χ3n) is 2.99. The molecule has 2 unspecified atom stereocenters. The van der Waals surface area contributed by atoms with Crippen LogP contribution in [0, 0.1) is 5.92 Å². The van der Waals surface area contributed by atoms with Gasteiger partial charge in [0.05, 0.1) is 13.2 Å². The molecule has 7 nitrogen and oxygen atoms in total. The summed E-state index contributed by atoms with van der Waals surface area (Å²) in [6.07, 6.45) is 1.87. The maximum Gasteiger partial charge on any atom is 0.328 e. The van der Waals surface area contributed by atoms with Gasteiger partial charge in [0.15, 0.2) is 6.04 Å². The zero-order valence-corrected chi connectivity index (χ0v) is 10.5. The fourth-order valence-corrected chi connectivity index (χ4v) is 2.05. The Bertz CT molecular complexity index is 295. The van der Waals surface area contributed by atoms with E-state index in [1.54, 1.807) is 12.0 Å². The van der Waals surface area contributed by atoms with Crippen LogP contribution in [0.3, 0.4) is 0 Å². The monoisotopic (exact) mass is 260 g/mol. The lowest BCUT2D eigenvalue weighted by Gasteiger charge is -2.33. The van der Waals surface area contributed by atoms with Crippen molar-refractivity contribution in [2.75, 3.05) is 33.4 Å². The summed E-state index contributed by atoms with van der Waals surface area (Å²) in [7, 11) is 1.62. The number of piperidine rings is 1. The van der Waals surface area contributed by atoms with Gasteiger partial charge in [-0.15, -0.1) is 0 Å². The van der Waals surface area contributed by atoms with Gasteiger partial charge in [-0.1, -0.05) is 0 Å². The maximum atomic E-state index is 11.8. The molecule has 0 aliphatic carbocycles. The van der Waals surface area contributed by atoms with Crippen LogP contribution in [0.5, 0.6) is 0 Å². The number of nitrogens with one attached hydrogen (secondary N) is 1. The van der Waals surface area contributed by atoms with Crippen LogP contribution < -0.4 is 5.32 Å². The number of carbonyl (C=O) groups excluding carboxylic acids is 1. The standard InChI is InChI=1S/C11H20N2O5/c1-18-7-8-3-2-4-13(5-8)11(17)12-9(6-14)10(15)16/h8-9,14H,2-7H2,1H3,(H,12,17)(H,15,16). The van der Waals surface area contributed by atoms with Crippen LogP contribution in [-0.4, -0.2) is 66.6 Å². The van der Waals surface area contributed by atoms with Crippen molar-refractivity contribution < 1.29 is 24.5 Å². The number of rotatable bonds is 5. The van der Waals surface area contributed by atoms with Crippen molar-refractivity contribution >= 4 is 12.0 Å². The van der Waals surface area contributed by atoms with E-state index < -0.39 is 24.6 Å². The second-order valence-corrected chi connectivity index (χ2v) is 4.43. The summed E-state index contributed by atoms with van der Waals surface area (Å²) in [5.74, 6) is -0.955. The largest absolute Gasteiger partial charge is 0.480 e. The second kappa shape index (κ2) is 7.17. The van der Waals surface area contributed by atoms with Gasteiger partial charge in [0, 0.05) is 26.1 Å². The summed E-state index contributed by atoms with van der Waals surface area (Å²) in [6, 6.07) is -1.70. The number of carboxylic acids is 1. The van der Waals surface area contributed by atoms with Crippen LogP contribution in [0.2, 0.25) is 0 Å². The van der Waals surface area contributed by atoms with E-state index in [2.05, 4.69) is 5.32 Å². The number of nitrogens with zero attached hydrogens (tertiary/aromatic N) is 1. The summed E-state index contributed by atoms with van der Waals surface area (Å²) in [4.78, 5) is 24.1. The van der Waals surface area contributed by atoms with Gasteiger partial charge in [-0.3, -0.25) is 0 Å². The third-order valence-corrected chi connectivity index (χ3v) is 2.99. The number of urea groups is 1. The number of aliphatic carboxylic acids is 1. The molecule has 1 fully saturated rings. The molecular formula is C11H20N2O5. The molecule has 0 aromatic rings. The number of likely N-dealkylation sites (tertiary alicyclic amines) is 1. The zero-order chi connectivity index (χ0) is 13.5. The van der Waals surface area contributed by atoms with Gasteiger partial charge in [0.25, 0.3) is 0 Å². The fraction of sp³-hybridized carbons (Fsp3) is 0.818. The highest BCUT2D eigenvalue weighted by Gasteiger charge is 2.26. The van der Waals surface area contributed by atoms with Crippen molar-refractivity contribution in [3.8, 4) is 0 Å². The fourth-order valence-electron chi connectivity index (χ4n) is 2.05. The number of carbonyl (C=O) groups is 2. The zero-order valence-electron chi connectivity index (χ0n) is 10.5. The van der Waals surface area contributed by atoms with Crippen molar-refractivity contribution in [3.63, 3.8) is 0 Å². The lowest BCUT2D eigenvalue weighted by Crippen LogP contribution is -2.52. The van der Waals surface area contributed by atoms with Gasteiger partial charge in [-0.05, 0) is 12.8 Å². The van der Waals surface area contributed by atoms with E-state index >= 15 is 0 Å². The number of carboxylic acid groups (broad SMARTS) is 1. The molecule has 1 rings (SSSR count). The predicted molar refractivity (Wildman–Crippen MR) is 63.2 cm³/mol. The van der Waals surface area contributed by atoms with Crippen molar-refractivity contribution in [1.82, 2.24) is 10.2 Å². The van der Waals surface area contributed by atoms with E-state index in [0.717, 1.165) is 12.8 Å². The molecule has 1 aliphatic rings. The molecule has 0 bridgehead atoms. The van der Waals surface area contributed by atoms with Gasteiger partial charge in [0.1, 0.15) is 0 Å². The van der Waals surface area contributed by atoms with E-state index in [0.29, 0.717) is 19.7 Å². The molecule has 1 aliphatic heterocycles. The Morgan fingerprint density at radius 2 is 2.28 bits per heavy atom. The Hall–Kier alpha value is -1.34. The van der Waals surface area contributed by atoms with Crippen LogP contribution >= 0.6 is 0 Å². The van der Waals surface area contributed by atoms with Crippen LogP contribution in [0.4, 0.5) is 4.79 Å². The molecule has 104 valence electrons. The molecule has 0 saturated carbocycles. The SMILES string of the molecule is COCC1CCCN(C(=O)NC(CO)C(=O)O)C1. The molecule has 3 N–H and O–H groups in total. The van der Waals surface area contributed by atoms with Gasteiger partial charge >= 0.3 is 12.0 Å². The molecule has 2 atom stereocenters. The summed E-state index contributed by atoms with van der Waals surface area (Å²) in [5, 5.41) is 19.9. The smallest absolute Gasteiger partial charge is 0.328 e. The molecular weight excluding hydrogens is 240 g/mol. The van der Waals surface area contributed by atoms with E-state index in [1.807, 2.05) is 0 Å². The molecule has 0 radical (unpaired) electrons. The van der Waals surface area contributed by atoms with Gasteiger partial charge in [0.2, 0.25) is 0 Å². The number of ether oxygens (including phenoxy) is 1. The van der Waals surface area contributed by atoms with E-state index in [9.17, 15) is 9.59 Å². The van der Waals surface area contributed by atoms with E-state index in [4.69, 9.17) is 14.9 Å². The molecule has 0 aromatic heterocycles. The Kier molecular flexibility index (Phi) is 5.87. The predicted octanol–water partition coefficient (Wildman–Crippen LogP) is -0.500. The van der Waals surface area contributed by atoms with Crippen LogP contribution in [0.1, 0.15) is 12.8 Å². The van der Waals surface area contributed by atoms with Gasteiger partial charge < -0.3 is 25.2 Å². The quantitative estimate of drug-likeness (QED) is 0.619. The molecule has 1 saturated heterocycles. The maximum absolute atomic E-state index is 11.8. The molecule has 0 aromatic carbocycles. The minimum atomic E-state index is -1.25. The van der Waals surface area contributed by atoms with Crippen LogP contribution in [0.15, 0.2) is 0 Å². The molecule has 2 amide bonds. The van der Waals surface area contributed by atoms with Gasteiger partial charge in [-0.2, -0.15) is 0 Å². The van der Waals surface area contributed by atoms with Gasteiger partial charge in [-0.25, -0.2) is 9.59 Å². The van der Waals surface area contributed by atoms with Crippen molar-refractivity contribution in [2.45, 2.75) is 18.9 Å². The first-order chi connectivity index (χ1) is 8.58. The number of methoxy groups -OCH3 is 1. The van der Waals surface area contributed by atoms with Crippen molar-refractivity contribution in [3.05, 3.63) is 0 Å². The van der Waals surface area contributed by atoms with Crippen molar-refractivity contribution in [2.24, 2.45) is 5.92 Å². The topological polar surface area (TPSA) is 99.1 Å². The molecule has 7 heteroatoms. The van der Waals surface area contributed by atoms with Crippen LogP contribution in [0.25, 0.3) is 0 Å². The van der Waals surface area contributed by atoms with Crippen molar-refractivity contribution in [1.29, 1.82) is 0 Å². The van der Waals surface area contributed by atoms with Crippen LogP contribution in [-0.2, 0) is 9.53 Å². The lowest BCUT2D eigenvalue weighted by atomic mass is 9.99. The molecule has 18 heavy (non-hydrogen) atoms. The first-order valence-electron chi connectivity index (χ1n) is 5.96. The summed E-state index contributed by atoms with van der Waals surface area (Å²) in [6.45, 7) is 1.13. The Morgan fingerprint density at radius 3 is 2.83 bits per heavy atom. The average molecular weight is 260 g/mol. The minimum Gasteiger partial charge on any atom is -0.480 e. The number of hydrogen-bond donors (Lipinski definition) is 3. The Balaban J connectivity index is 2.47. The highest BCUT2D eigenvalue weighted by molar-refractivity contribution is 5.82. The van der Waals surface area contributed by atoms with E-state index in [1.165, 1.54) is 0 Å².